The van der Waals surface area contributed by atoms with Crippen LogP contribution < -0.4 is 16.4 Å². The minimum Gasteiger partial charge on any atom is -0.443 e. The average Bonchev–Trinajstić information content (AvgIpc) is 2.71. The molecular weight excluding hydrogens is 405 g/mol. The highest BCUT2D eigenvalue weighted by Crippen LogP contribution is 2.36. The second-order valence-corrected chi connectivity index (χ2v) is 7.97. The fourth-order valence-electron chi connectivity index (χ4n) is 4.17. The normalized spacial score (nSPS) is 17.2. The summed E-state index contributed by atoms with van der Waals surface area (Å²) >= 11 is 0. The molecule has 1 aromatic carbocycles. The smallest absolute Gasteiger partial charge is 0.437 e. The number of nitrogens with zero attached hydrogens (tertiary/aromatic N) is 3. The third kappa shape index (κ3) is 5.84. The lowest BCUT2D eigenvalue weighted by Crippen LogP contribution is -2.53. The van der Waals surface area contributed by atoms with E-state index in [1.807, 2.05) is 9.80 Å². The summed E-state index contributed by atoms with van der Waals surface area (Å²) in [6.07, 6.45) is 1.41. The Balaban J connectivity index is 1.48. The monoisotopic (exact) mass is 435 g/mol. The first-order valence-corrected chi connectivity index (χ1v) is 10.4. The number of ether oxygens (including phenoxy) is 2. The minimum atomic E-state index is -0.958. The molecule has 2 fully saturated rings. The van der Waals surface area contributed by atoms with Crippen LogP contribution in [0.5, 0.6) is 0 Å². The van der Waals surface area contributed by atoms with Gasteiger partial charge in [0.05, 0.1) is 18.7 Å². The second kappa shape index (κ2) is 10.4. The molecule has 2 amide bonds. The predicted molar refractivity (Wildman–Crippen MR) is 114 cm³/mol. The Bertz CT molecular complexity index is 816. The highest BCUT2D eigenvalue weighted by molar-refractivity contribution is 5.87. The number of amides is 2. The van der Waals surface area contributed by atoms with Gasteiger partial charge in [-0.15, -0.1) is 4.99 Å². The number of carbonyl (C=O) groups excluding carboxylic acids is 2. The van der Waals surface area contributed by atoms with Gasteiger partial charge in [0.15, 0.2) is 11.8 Å². The number of likely N-dealkylation sites (tertiary alicyclic amines) is 1. The topological polar surface area (TPSA) is 123 Å². The summed E-state index contributed by atoms with van der Waals surface area (Å²) in [6.45, 7) is 3.30. The third-order valence-electron chi connectivity index (χ3n) is 5.96. The van der Waals surface area contributed by atoms with Crippen molar-refractivity contribution in [3.05, 3.63) is 29.6 Å². The summed E-state index contributed by atoms with van der Waals surface area (Å²) in [5, 5.41) is 0. The van der Waals surface area contributed by atoms with Crippen molar-refractivity contribution in [2.75, 3.05) is 44.8 Å². The van der Waals surface area contributed by atoms with E-state index in [4.69, 9.17) is 20.9 Å². The van der Waals surface area contributed by atoms with Gasteiger partial charge >= 0.3 is 6.09 Å². The molecule has 0 atom stereocenters. The van der Waals surface area contributed by atoms with Gasteiger partial charge in [-0.2, -0.15) is 0 Å². The molecule has 2 saturated heterocycles. The van der Waals surface area contributed by atoms with Gasteiger partial charge < -0.3 is 30.7 Å². The summed E-state index contributed by atoms with van der Waals surface area (Å²) < 4.78 is 24.8. The van der Waals surface area contributed by atoms with Crippen molar-refractivity contribution >= 4 is 23.6 Å². The SMILES string of the molecule is COCCC(=O)N1CCC(C2CN(c3cccc(COC(=O)N=C(N)N)c3F)C2)CC1. The highest BCUT2D eigenvalue weighted by Gasteiger charge is 2.37. The summed E-state index contributed by atoms with van der Waals surface area (Å²) in [5.41, 5.74) is 11.0. The summed E-state index contributed by atoms with van der Waals surface area (Å²) in [6, 6.07) is 5.03. The Morgan fingerprint density at radius 1 is 1.19 bits per heavy atom. The van der Waals surface area contributed by atoms with Gasteiger partial charge in [0.25, 0.3) is 0 Å². The number of guanidine groups is 1. The Hall–Kier alpha value is -2.88. The predicted octanol–water partition coefficient (Wildman–Crippen LogP) is 1.45. The van der Waals surface area contributed by atoms with E-state index >= 15 is 0 Å². The molecule has 170 valence electrons. The average molecular weight is 436 g/mol. The molecule has 0 aromatic heterocycles. The molecule has 0 spiro atoms. The van der Waals surface area contributed by atoms with Crippen LogP contribution in [0.1, 0.15) is 24.8 Å². The standard InChI is InChI=1S/C21H30FN5O4/c1-30-10-7-18(28)26-8-5-14(6-9-26)16-11-27(12-16)17-4-2-3-15(19(17)22)13-31-21(29)25-20(23)24/h2-4,14,16H,5-13H2,1H3,(H4,23,24,25,29). The lowest BCUT2D eigenvalue weighted by atomic mass is 9.79. The zero-order chi connectivity index (χ0) is 22.4. The van der Waals surface area contributed by atoms with Crippen molar-refractivity contribution in [3.8, 4) is 0 Å². The number of aliphatic imine (C=N–C) groups is 1. The third-order valence-corrected chi connectivity index (χ3v) is 5.96. The van der Waals surface area contributed by atoms with Crippen molar-refractivity contribution < 1.29 is 23.5 Å². The van der Waals surface area contributed by atoms with E-state index in [1.165, 1.54) is 0 Å². The number of anilines is 1. The maximum Gasteiger partial charge on any atom is 0.437 e. The van der Waals surface area contributed by atoms with Crippen LogP contribution in [0.4, 0.5) is 14.9 Å². The van der Waals surface area contributed by atoms with E-state index in [-0.39, 0.29) is 18.1 Å². The molecule has 0 unspecified atom stereocenters. The van der Waals surface area contributed by atoms with E-state index in [0.717, 1.165) is 39.0 Å². The highest BCUT2D eigenvalue weighted by atomic mass is 19.1. The Kier molecular flexibility index (Phi) is 7.67. The zero-order valence-corrected chi connectivity index (χ0v) is 17.8. The lowest BCUT2D eigenvalue weighted by Gasteiger charge is -2.47. The number of hydrogen-bond acceptors (Lipinski definition) is 5. The fourth-order valence-corrected chi connectivity index (χ4v) is 4.17. The number of rotatable bonds is 7. The van der Waals surface area contributed by atoms with Crippen LogP contribution in [0.15, 0.2) is 23.2 Å². The van der Waals surface area contributed by atoms with Gasteiger partial charge in [0, 0.05) is 38.9 Å². The minimum absolute atomic E-state index is 0.148. The van der Waals surface area contributed by atoms with Crippen molar-refractivity contribution in [1.82, 2.24) is 4.90 Å². The molecule has 2 heterocycles. The van der Waals surface area contributed by atoms with Gasteiger partial charge in [-0.1, -0.05) is 12.1 Å². The summed E-state index contributed by atoms with van der Waals surface area (Å²) in [4.78, 5) is 30.7. The lowest BCUT2D eigenvalue weighted by molar-refractivity contribution is -0.133. The van der Waals surface area contributed by atoms with Crippen LogP contribution >= 0.6 is 0 Å². The van der Waals surface area contributed by atoms with Crippen molar-refractivity contribution in [3.63, 3.8) is 0 Å². The second-order valence-electron chi connectivity index (χ2n) is 7.97. The van der Waals surface area contributed by atoms with E-state index in [1.54, 1.807) is 25.3 Å². The van der Waals surface area contributed by atoms with E-state index in [2.05, 4.69) is 4.99 Å². The molecule has 0 radical (unpaired) electrons. The Morgan fingerprint density at radius 3 is 2.55 bits per heavy atom. The number of halogens is 1. The summed E-state index contributed by atoms with van der Waals surface area (Å²) in [7, 11) is 1.60. The van der Waals surface area contributed by atoms with Gasteiger partial charge in [0.2, 0.25) is 5.91 Å². The van der Waals surface area contributed by atoms with Crippen LogP contribution in [0.3, 0.4) is 0 Å². The molecule has 10 heteroatoms. The first kappa shape index (κ1) is 22.8. The molecule has 1 aromatic rings. The number of piperidine rings is 1. The molecule has 2 aliphatic rings. The van der Waals surface area contributed by atoms with Crippen molar-refractivity contribution in [2.24, 2.45) is 28.3 Å². The number of hydrogen-bond donors (Lipinski definition) is 2. The molecule has 4 N–H and O–H groups in total. The molecule has 9 nitrogen and oxygen atoms in total. The van der Waals surface area contributed by atoms with Crippen LogP contribution in [0, 0.1) is 17.7 Å². The van der Waals surface area contributed by atoms with Gasteiger partial charge in [0.1, 0.15) is 6.61 Å². The van der Waals surface area contributed by atoms with Crippen LogP contribution in [0.2, 0.25) is 0 Å². The molecule has 0 saturated carbocycles. The van der Waals surface area contributed by atoms with E-state index in [9.17, 15) is 14.0 Å². The van der Waals surface area contributed by atoms with E-state index < -0.39 is 17.9 Å². The van der Waals surface area contributed by atoms with Gasteiger partial charge in [-0.05, 0) is 30.7 Å². The first-order valence-electron chi connectivity index (χ1n) is 10.4. The maximum absolute atomic E-state index is 14.9. The van der Waals surface area contributed by atoms with Crippen molar-refractivity contribution in [2.45, 2.75) is 25.9 Å². The number of carbonyl (C=O) groups is 2. The van der Waals surface area contributed by atoms with E-state index in [0.29, 0.717) is 30.6 Å². The van der Waals surface area contributed by atoms with Gasteiger partial charge in [-0.3, -0.25) is 4.79 Å². The zero-order valence-electron chi connectivity index (χ0n) is 17.8. The Morgan fingerprint density at radius 2 is 1.90 bits per heavy atom. The number of methoxy groups -OCH3 is 1. The van der Waals surface area contributed by atoms with Gasteiger partial charge in [-0.25, -0.2) is 9.18 Å². The molecular formula is C21H30FN5O4. The number of nitrogens with two attached hydrogens (primary N) is 2. The molecule has 3 rings (SSSR count). The van der Waals surface area contributed by atoms with Crippen LogP contribution in [0.25, 0.3) is 0 Å². The quantitative estimate of drug-likeness (QED) is 0.491. The molecule has 0 bridgehead atoms. The summed E-state index contributed by atoms with van der Waals surface area (Å²) in [5.74, 6) is 0.358. The fraction of sp³-hybridized carbons (Fsp3) is 0.571. The van der Waals surface area contributed by atoms with Crippen LogP contribution in [-0.4, -0.2) is 62.8 Å². The van der Waals surface area contributed by atoms with Crippen LogP contribution in [-0.2, 0) is 20.9 Å². The maximum atomic E-state index is 14.9. The molecule has 0 aliphatic carbocycles. The molecule has 2 aliphatic heterocycles. The van der Waals surface area contributed by atoms with Crippen molar-refractivity contribution in [1.29, 1.82) is 0 Å². The molecule has 31 heavy (non-hydrogen) atoms. The first-order chi connectivity index (χ1) is 14.9. The Labute approximate surface area is 181 Å². The number of benzene rings is 1. The largest absolute Gasteiger partial charge is 0.443 e.